The third-order valence-corrected chi connectivity index (χ3v) is 2.97. The molecule has 0 aliphatic heterocycles. The molecule has 0 radical (unpaired) electrons. The molecule has 1 aromatic rings. The van der Waals surface area contributed by atoms with Gasteiger partial charge in [0.1, 0.15) is 0 Å². The molecule has 1 heterocycles. The number of nitrogens with zero attached hydrogens (tertiary/aromatic N) is 2. The Balaban J connectivity index is 1.84. The highest BCUT2D eigenvalue weighted by molar-refractivity contribution is 5.66. The second-order valence-corrected chi connectivity index (χ2v) is 4.26. The lowest BCUT2D eigenvalue weighted by Gasteiger charge is -2.00. The topological polar surface area (TPSA) is 76.2 Å². The SMILES string of the molecule is O=C(O)CCCc1nnc(C2CCCC2)o1. The van der Waals surface area contributed by atoms with Crippen molar-refractivity contribution < 1.29 is 14.3 Å². The molecule has 1 N–H and O–H groups in total. The lowest BCUT2D eigenvalue weighted by Crippen LogP contribution is -1.95. The standard InChI is InChI=1S/C11H16N2O3/c14-10(15)7-3-6-9-12-13-11(16-9)8-4-1-2-5-8/h8H,1-7H2,(H,14,15). The van der Waals surface area contributed by atoms with Gasteiger partial charge in [-0.1, -0.05) is 12.8 Å². The van der Waals surface area contributed by atoms with E-state index in [9.17, 15) is 4.79 Å². The molecule has 0 bridgehead atoms. The smallest absolute Gasteiger partial charge is 0.303 e. The second-order valence-electron chi connectivity index (χ2n) is 4.26. The van der Waals surface area contributed by atoms with Crippen molar-refractivity contribution >= 4 is 5.97 Å². The molecule has 2 rings (SSSR count). The number of carboxylic acids is 1. The van der Waals surface area contributed by atoms with Gasteiger partial charge in [0.15, 0.2) is 0 Å². The van der Waals surface area contributed by atoms with Gasteiger partial charge in [0.25, 0.3) is 0 Å². The molecule has 5 heteroatoms. The first-order chi connectivity index (χ1) is 7.75. The van der Waals surface area contributed by atoms with E-state index < -0.39 is 5.97 Å². The van der Waals surface area contributed by atoms with Crippen LogP contribution in [0.3, 0.4) is 0 Å². The number of carbonyl (C=O) groups is 1. The van der Waals surface area contributed by atoms with Crippen molar-refractivity contribution in [1.82, 2.24) is 10.2 Å². The Bertz CT molecular complexity index is 356. The number of aryl methyl sites for hydroxylation is 1. The van der Waals surface area contributed by atoms with Crippen LogP contribution < -0.4 is 0 Å². The van der Waals surface area contributed by atoms with E-state index in [4.69, 9.17) is 9.52 Å². The Kier molecular flexibility index (Phi) is 3.54. The molecule has 1 aliphatic rings. The lowest BCUT2D eigenvalue weighted by molar-refractivity contribution is -0.137. The molecule has 0 atom stereocenters. The van der Waals surface area contributed by atoms with Crippen molar-refractivity contribution in [1.29, 1.82) is 0 Å². The minimum atomic E-state index is -0.782. The second kappa shape index (κ2) is 5.09. The van der Waals surface area contributed by atoms with E-state index >= 15 is 0 Å². The highest BCUT2D eigenvalue weighted by Crippen LogP contribution is 2.33. The highest BCUT2D eigenvalue weighted by atomic mass is 16.4. The van der Waals surface area contributed by atoms with Crippen LogP contribution in [0, 0.1) is 0 Å². The summed E-state index contributed by atoms with van der Waals surface area (Å²) >= 11 is 0. The number of carboxylic acid groups (broad SMARTS) is 1. The summed E-state index contributed by atoms with van der Waals surface area (Å²) in [5.41, 5.74) is 0. The summed E-state index contributed by atoms with van der Waals surface area (Å²) in [6.07, 6.45) is 6.02. The van der Waals surface area contributed by atoms with E-state index in [1.165, 1.54) is 12.8 Å². The maximum absolute atomic E-state index is 10.3. The average Bonchev–Trinajstić information content (AvgIpc) is 2.85. The first kappa shape index (κ1) is 11.1. The van der Waals surface area contributed by atoms with E-state index in [1.807, 2.05) is 0 Å². The predicted octanol–water partition coefficient (Wildman–Crippen LogP) is 2.13. The highest BCUT2D eigenvalue weighted by Gasteiger charge is 2.22. The van der Waals surface area contributed by atoms with E-state index in [0.717, 1.165) is 18.7 Å². The number of aromatic nitrogens is 2. The van der Waals surface area contributed by atoms with Gasteiger partial charge in [-0.05, 0) is 19.3 Å². The van der Waals surface area contributed by atoms with Gasteiger partial charge in [-0.25, -0.2) is 0 Å². The molecule has 16 heavy (non-hydrogen) atoms. The molecular weight excluding hydrogens is 208 g/mol. The van der Waals surface area contributed by atoms with Crippen molar-refractivity contribution in [3.63, 3.8) is 0 Å². The fourth-order valence-corrected chi connectivity index (χ4v) is 2.10. The Morgan fingerprint density at radius 2 is 2.12 bits per heavy atom. The van der Waals surface area contributed by atoms with Gasteiger partial charge in [-0.2, -0.15) is 0 Å². The summed E-state index contributed by atoms with van der Waals surface area (Å²) in [5, 5.41) is 16.5. The molecule has 0 spiro atoms. The van der Waals surface area contributed by atoms with Crippen LogP contribution in [-0.2, 0) is 11.2 Å². The first-order valence-corrected chi connectivity index (χ1v) is 5.80. The maximum atomic E-state index is 10.3. The summed E-state index contributed by atoms with van der Waals surface area (Å²) in [6, 6.07) is 0. The third kappa shape index (κ3) is 2.81. The van der Waals surface area contributed by atoms with E-state index in [1.54, 1.807) is 0 Å². The van der Waals surface area contributed by atoms with E-state index in [2.05, 4.69) is 10.2 Å². The summed E-state index contributed by atoms with van der Waals surface area (Å²) in [7, 11) is 0. The first-order valence-electron chi connectivity index (χ1n) is 5.80. The Hall–Kier alpha value is -1.39. The van der Waals surface area contributed by atoms with Gasteiger partial charge in [0, 0.05) is 18.8 Å². The van der Waals surface area contributed by atoms with Gasteiger partial charge < -0.3 is 9.52 Å². The molecule has 0 aromatic carbocycles. The number of rotatable bonds is 5. The monoisotopic (exact) mass is 224 g/mol. The van der Waals surface area contributed by atoms with Crippen LogP contribution >= 0.6 is 0 Å². The zero-order chi connectivity index (χ0) is 11.4. The molecule has 1 saturated carbocycles. The van der Waals surface area contributed by atoms with Crippen LogP contribution in [0.5, 0.6) is 0 Å². The minimum absolute atomic E-state index is 0.154. The Morgan fingerprint density at radius 1 is 1.38 bits per heavy atom. The Labute approximate surface area is 93.9 Å². The zero-order valence-corrected chi connectivity index (χ0v) is 9.19. The molecule has 0 amide bonds. The molecule has 88 valence electrons. The van der Waals surface area contributed by atoms with Crippen molar-refractivity contribution in [2.24, 2.45) is 0 Å². The molecular formula is C11H16N2O3. The number of aliphatic carboxylic acids is 1. The predicted molar refractivity (Wildman–Crippen MR) is 56.1 cm³/mol. The van der Waals surface area contributed by atoms with Crippen LogP contribution in [0.2, 0.25) is 0 Å². The van der Waals surface area contributed by atoms with E-state index in [-0.39, 0.29) is 6.42 Å². The van der Waals surface area contributed by atoms with Gasteiger partial charge in [0.05, 0.1) is 0 Å². The summed E-state index contributed by atoms with van der Waals surface area (Å²) in [4.78, 5) is 10.3. The van der Waals surface area contributed by atoms with Crippen molar-refractivity contribution in [2.75, 3.05) is 0 Å². The van der Waals surface area contributed by atoms with Crippen LogP contribution in [-0.4, -0.2) is 21.3 Å². The van der Waals surface area contributed by atoms with Gasteiger partial charge in [-0.15, -0.1) is 10.2 Å². The molecule has 5 nitrogen and oxygen atoms in total. The van der Waals surface area contributed by atoms with Crippen molar-refractivity contribution in [3.05, 3.63) is 11.8 Å². The van der Waals surface area contributed by atoms with E-state index in [0.29, 0.717) is 24.7 Å². The summed E-state index contributed by atoms with van der Waals surface area (Å²) in [5.74, 6) is 0.960. The Morgan fingerprint density at radius 3 is 2.81 bits per heavy atom. The molecule has 0 saturated heterocycles. The molecule has 1 fully saturated rings. The average molecular weight is 224 g/mol. The maximum Gasteiger partial charge on any atom is 0.303 e. The van der Waals surface area contributed by atoms with Gasteiger partial charge in [0.2, 0.25) is 11.8 Å². The summed E-state index contributed by atoms with van der Waals surface area (Å²) in [6.45, 7) is 0. The third-order valence-electron chi connectivity index (χ3n) is 2.97. The van der Waals surface area contributed by atoms with Crippen molar-refractivity contribution in [3.8, 4) is 0 Å². The lowest BCUT2D eigenvalue weighted by atomic mass is 10.1. The van der Waals surface area contributed by atoms with Crippen LogP contribution in [0.1, 0.15) is 56.2 Å². The van der Waals surface area contributed by atoms with Gasteiger partial charge >= 0.3 is 5.97 Å². The molecule has 1 aromatic heterocycles. The summed E-state index contributed by atoms with van der Waals surface area (Å²) < 4.78 is 5.53. The minimum Gasteiger partial charge on any atom is -0.481 e. The number of hydrogen-bond donors (Lipinski definition) is 1. The quantitative estimate of drug-likeness (QED) is 0.829. The van der Waals surface area contributed by atoms with Crippen LogP contribution in [0.25, 0.3) is 0 Å². The zero-order valence-electron chi connectivity index (χ0n) is 9.19. The molecule has 1 aliphatic carbocycles. The van der Waals surface area contributed by atoms with Crippen LogP contribution in [0.4, 0.5) is 0 Å². The van der Waals surface area contributed by atoms with Crippen molar-refractivity contribution in [2.45, 2.75) is 50.9 Å². The normalized spacial score (nSPS) is 16.8. The fraction of sp³-hybridized carbons (Fsp3) is 0.727. The van der Waals surface area contributed by atoms with Crippen LogP contribution in [0.15, 0.2) is 4.42 Å². The largest absolute Gasteiger partial charge is 0.481 e. The molecule has 0 unspecified atom stereocenters. The van der Waals surface area contributed by atoms with Gasteiger partial charge in [-0.3, -0.25) is 4.79 Å². The number of hydrogen-bond acceptors (Lipinski definition) is 4. The fourth-order valence-electron chi connectivity index (χ4n) is 2.10.